The molecule has 5 aliphatic rings. The molecule has 0 spiro atoms. The molecule has 6 rings (SSSR count). The Hall–Kier alpha value is -2.77. The average Bonchev–Trinajstić information content (AvgIpc) is 3.23. The predicted molar refractivity (Wildman–Crippen MR) is 115 cm³/mol. The van der Waals surface area contributed by atoms with E-state index in [0.717, 1.165) is 37.7 Å². The van der Waals surface area contributed by atoms with Crippen LogP contribution in [0.5, 0.6) is 0 Å². The third kappa shape index (κ3) is 4.02. The zero-order valence-corrected chi connectivity index (χ0v) is 18.2. The van der Waals surface area contributed by atoms with Crippen LogP contribution in [0.3, 0.4) is 0 Å². The minimum absolute atomic E-state index is 0.130. The minimum atomic E-state index is -0.480. The minimum Gasteiger partial charge on any atom is -0.446 e. The number of nitrogens with one attached hydrogen (secondary N) is 1. The highest BCUT2D eigenvalue weighted by Gasteiger charge is 2.59. The highest BCUT2D eigenvalue weighted by Crippen LogP contribution is 2.60. The number of ether oxygens (including phenoxy) is 2. The second kappa shape index (κ2) is 8.30. The van der Waals surface area contributed by atoms with Gasteiger partial charge in [-0.15, -0.1) is 0 Å². The number of amides is 3. The molecule has 3 unspecified atom stereocenters. The monoisotopic (exact) mass is 441 g/mol. The average molecular weight is 442 g/mol. The molecule has 4 saturated carbocycles. The third-order valence-electron chi connectivity index (χ3n) is 7.93. The Morgan fingerprint density at radius 2 is 1.81 bits per heavy atom. The molecule has 3 N–H and O–H groups in total. The summed E-state index contributed by atoms with van der Waals surface area (Å²) in [5.74, 6) is 0.788. The quantitative estimate of drug-likeness (QED) is 0.730. The van der Waals surface area contributed by atoms with Crippen LogP contribution in [0.2, 0.25) is 0 Å². The van der Waals surface area contributed by atoms with Crippen molar-refractivity contribution in [3.63, 3.8) is 0 Å². The summed E-state index contributed by atoms with van der Waals surface area (Å²) in [6.07, 6.45) is 4.14. The van der Waals surface area contributed by atoms with Crippen molar-refractivity contribution in [1.29, 1.82) is 0 Å². The number of alkyl carbamates (subject to hydrolysis) is 1. The van der Waals surface area contributed by atoms with Crippen molar-refractivity contribution in [2.24, 2.45) is 28.9 Å². The van der Waals surface area contributed by atoms with Crippen molar-refractivity contribution >= 4 is 18.1 Å². The lowest BCUT2D eigenvalue weighted by Crippen LogP contribution is -2.59. The van der Waals surface area contributed by atoms with E-state index in [1.807, 2.05) is 30.3 Å². The molecule has 0 radical (unpaired) electrons. The van der Waals surface area contributed by atoms with E-state index in [4.69, 9.17) is 15.2 Å². The summed E-state index contributed by atoms with van der Waals surface area (Å²) in [4.78, 5) is 38.7. The number of likely N-dealkylation sites (tertiary alicyclic amines) is 1. The lowest BCUT2D eigenvalue weighted by atomic mass is 9.48. The largest absolute Gasteiger partial charge is 0.446 e. The van der Waals surface area contributed by atoms with E-state index in [9.17, 15) is 14.4 Å². The van der Waals surface area contributed by atoms with Gasteiger partial charge >= 0.3 is 12.2 Å². The van der Waals surface area contributed by atoms with Crippen LogP contribution in [-0.2, 0) is 20.9 Å². The number of benzene rings is 1. The molecule has 1 heterocycles. The molecule has 1 aromatic rings. The third-order valence-corrected chi connectivity index (χ3v) is 7.93. The summed E-state index contributed by atoms with van der Waals surface area (Å²) in [6, 6.07) is 9.35. The Morgan fingerprint density at radius 1 is 1.09 bits per heavy atom. The number of nitrogens with two attached hydrogens (primary N) is 1. The summed E-state index contributed by atoms with van der Waals surface area (Å²) < 4.78 is 11.3. The van der Waals surface area contributed by atoms with Gasteiger partial charge in [0, 0.05) is 13.1 Å². The van der Waals surface area contributed by atoms with E-state index in [2.05, 4.69) is 5.32 Å². The number of primary amides is 1. The fourth-order valence-electron chi connectivity index (χ4n) is 6.64. The number of carbonyl (C=O) groups excluding carboxylic acids is 3. The van der Waals surface area contributed by atoms with Crippen molar-refractivity contribution < 1.29 is 23.9 Å². The van der Waals surface area contributed by atoms with Gasteiger partial charge in [-0.3, -0.25) is 4.79 Å². The Balaban J connectivity index is 1.10. The summed E-state index contributed by atoms with van der Waals surface area (Å²) in [6.45, 7) is 1.16. The van der Waals surface area contributed by atoms with Gasteiger partial charge in [0.25, 0.3) is 0 Å². The lowest BCUT2D eigenvalue weighted by molar-refractivity contribution is -0.161. The van der Waals surface area contributed by atoms with E-state index < -0.39 is 6.09 Å². The van der Waals surface area contributed by atoms with Gasteiger partial charge in [-0.05, 0) is 61.8 Å². The highest BCUT2D eigenvalue weighted by atomic mass is 16.6. The molecule has 172 valence electrons. The molecule has 4 bridgehead atoms. The van der Waals surface area contributed by atoms with E-state index in [-0.39, 0.29) is 48.0 Å². The maximum atomic E-state index is 12.9. The van der Waals surface area contributed by atoms with Gasteiger partial charge in [0.1, 0.15) is 12.7 Å². The normalized spacial score (nSPS) is 34.9. The predicted octanol–water partition coefficient (Wildman–Crippen LogP) is 2.80. The molecule has 1 aliphatic heterocycles. The molecule has 32 heavy (non-hydrogen) atoms. The molecule has 5 fully saturated rings. The van der Waals surface area contributed by atoms with Gasteiger partial charge in [-0.2, -0.15) is 0 Å². The van der Waals surface area contributed by atoms with Crippen LogP contribution in [0, 0.1) is 23.2 Å². The fourth-order valence-corrected chi connectivity index (χ4v) is 6.64. The van der Waals surface area contributed by atoms with Crippen LogP contribution in [0.1, 0.15) is 44.1 Å². The van der Waals surface area contributed by atoms with Gasteiger partial charge in [0.2, 0.25) is 5.91 Å². The van der Waals surface area contributed by atoms with Crippen molar-refractivity contribution in [2.75, 3.05) is 13.1 Å². The van der Waals surface area contributed by atoms with Gasteiger partial charge in [0.05, 0.1) is 11.5 Å². The molecular formula is C24H31N3O5. The fraction of sp³-hybridized carbons (Fsp3) is 0.625. The molecule has 4 aliphatic carbocycles. The Morgan fingerprint density at radius 3 is 2.50 bits per heavy atom. The Bertz CT molecular complexity index is 875. The van der Waals surface area contributed by atoms with E-state index in [1.165, 1.54) is 0 Å². The number of hydrogen-bond donors (Lipinski definition) is 2. The number of hydrogen-bond acceptors (Lipinski definition) is 5. The van der Waals surface area contributed by atoms with Crippen molar-refractivity contribution in [3.8, 4) is 0 Å². The summed E-state index contributed by atoms with van der Waals surface area (Å²) in [7, 11) is 0. The van der Waals surface area contributed by atoms with Crippen LogP contribution in [0.15, 0.2) is 30.3 Å². The van der Waals surface area contributed by atoms with Crippen LogP contribution in [-0.4, -0.2) is 48.2 Å². The van der Waals surface area contributed by atoms with Crippen LogP contribution < -0.4 is 11.1 Å². The van der Waals surface area contributed by atoms with E-state index in [1.54, 1.807) is 4.90 Å². The first-order chi connectivity index (χ1) is 15.4. The number of nitrogens with zero attached hydrogens (tertiary/aromatic N) is 1. The van der Waals surface area contributed by atoms with Crippen LogP contribution in [0.25, 0.3) is 0 Å². The maximum absolute atomic E-state index is 12.9. The molecule has 3 amide bonds. The molecule has 8 nitrogen and oxygen atoms in total. The van der Waals surface area contributed by atoms with E-state index in [0.29, 0.717) is 25.4 Å². The van der Waals surface area contributed by atoms with Crippen LogP contribution >= 0.6 is 0 Å². The number of carbonyl (C=O) groups is 3. The summed E-state index contributed by atoms with van der Waals surface area (Å²) >= 11 is 0. The number of rotatable bonds is 5. The Kier molecular flexibility index (Phi) is 5.47. The second-order valence-corrected chi connectivity index (χ2v) is 10.1. The SMILES string of the molecule is NC(=O)[C@]12CC3CC(C1)C(OC(=O)N1CC[C@@H](NC(=O)OCc4ccccc4)C1)[C@@H](C3)C2. The van der Waals surface area contributed by atoms with Crippen molar-refractivity contribution in [1.82, 2.24) is 10.2 Å². The van der Waals surface area contributed by atoms with Gasteiger partial charge in [-0.1, -0.05) is 30.3 Å². The van der Waals surface area contributed by atoms with Gasteiger partial charge in [-0.25, -0.2) is 9.59 Å². The van der Waals surface area contributed by atoms with Crippen molar-refractivity contribution in [3.05, 3.63) is 35.9 Å². The molecule has 1 aromatic carbocycles. The van der Waals surface area contributed by atoms with Gasteiger partial charge in [0.15, 0.2) is 0 Å². The molecule has 8 heteroatoms. The Labute approximate surface area is 187 Å². The second-order valence-electron chi connectivity index (χ2n) is 10.1. The molecule has 1 saturated heterocycles. The summed E-state index contributed by atoms with van der Waals surface area (Å²) in [5, 5.41) is 2.84. The smallest absolute Gasteiger partial charge is 0.410 e. The first-order valence-electron chi connectivity index (χ1n) is 11.6. The standard InChI is InChI=1S/C24H31N3O5/c25-21(28)24-10-16-8-17(11-24)20(18(9-16)12-24)32-23(30)27-7-6-19(13-27)26-22(29)31-14-15-4-2-1-3-5-15/h1-5,16-20H,6-14H2,(H2,25,28)(H,26,29)/t16?,17-,18?,19+,20?,24-/m0/s1. The van der Waals surface area contributed by atoms with Crippen LogP contribution in [0.4, 0.5) is 9.59 Å². The highest BCUT2D eigenvalue weighted by molar-refractivity contribution is 5.81. The van der Waals surface area contributed by atoms with E-state index >= 15 is 0 Å². The van der Waals surface area contributed by atoms with Crippen molar-refractivity contribution in [2.45, 2.75) is 57.3 Å². The first kappa shape index (κ1) is 21.1. The topological polar surface area (TPSA) is 111 Å². The zero-order chi connectivity index (χ0) is 22.3. The molecule has 6 atom stereocenters. The molecule has 0 aromatic heterocycles. The maximum Gasteiger partial charge on any atom is 0.410 e. The zero-order valence-electron chi connectivity index (χ0n) is 18.2. The first-order valence-corrected chi connectivity index (χ1v) is 11.6. The van der Waals surface area contributed by atoms with Gasteiger partial charge < -0.3 is 25.4 Å². The molecular weight excluding hydrogens is 410 g/mol. The summed E-state index contributed by atoms with van der Waals surface area (Å²) in [5.41, 5.74) is 6.29. The lowest BCUT2D eigenvalue weighted by Gasteiger charge is -2.58.